The van der Waals surface area contributed by atoms with E-state index in [1.165, 1.54) is 36.9 Å². The number of anilines is 1. The summed E-state index contributed by atoms with van der Waals surface area (Å²) < 4.78 is 49.0. The van der Waals surface area contributed by atoms with E-state index in [2.05, 4.69) is 0 Å². The van der Waals surface area contributed by atoms with Crippen molar-refractivity contribution < 1.29 is 27.1 Å². The molecule has 0 aliphatic heterocycles. The van der Waals surface area contributed by atoms with E-state index in [1.807, 2.05) is 0 Å². The maximum atomic E-state index is 12.8. The molecule has 0 unspecified atom stereocenters. The molecule has 0 spiro atoms. The van der Waals surface area contributed by atoms with Gasteiger partial charge in [-0.3, -0.25) is 0 Å². The average Bonchev–Trinajstić information content (AvgIpc) is 2.39. The fraction of sp³-hybridized carbons (Fsp3) is 0.462. The molecule has 1 rings (SSSR count). The predicted molar refractivity (Wildman–Crippen MR) is 74.4 cm³/mol. The van der Waals surface area contributed by atoms with Crippen molar-refractivity contribution in [3.05, 3.63) is 24.3 Å². The Labute approximate surface area is 122 Å². The summed E-state index contributed by atoms with van der Waals surface area (Å²) in [5, 5.41) is 9.27. The standard InChI is InChI=1S/C13H17F2NO4S/c1-4-16(13(2,3)11(17)18)9-7-5-6-8-10(9)21(19,20)12(14)15/h5-8,12H,4H2,1-3H3,(H,17,18). The normalized spacial score (nSPS) is 12.5. The summed E-state index contributed by atoms with van der Waals surface area (Å²) in [5.74, 6) is -4.75. The second-order valence-corrected chi connectivity index (χ2v) is 6.77. The van der Waals surface area contributed by atoms with Gasteiger partial charge in [-0.2, -0.15) is 8.78 Å². The highest BCUT2D eigenvalue weighted by Gasteiger charge is 2.38. The average molecular weight is 321 g/mol. The molecule has 0 aliphatic rings. The van der Waals surface area contributed by atoms with Crippen LogP contribution in [0.2, 0.25) is 0 Å². The first-order valence-electron chi connectivity index (χ1n) is 6.19. The number of hydrogen-bond donors (Lipinski definition) is 1. The first kappa shape index (κ1) is 17.4. The Bertz CT molecular complexity index is 629. The SMILES string of the molecule is CCN(c1ccccc1S(=O)(=O)C(F)F)C(C)(C)C(=O)O. The number of carboxylic acids is 1. The molecule has 0 atom stereocenters. The summed E-state index contributed by atoms with van der Waals surface area (Å²) >= 11 is 0. The van der Waals surface area contributed by atoms with Crippen LogP contribution in [0.1, 0.15) is 20.8 Å². The molecule has 1 aromatic rings. The van der Waals surface area contributed by atoms with Crippen molar-refractivity contribution in [3.63, 3.8) is 0 Å². The second-order valence-electron chi connectivity index (χ2n) is 4.88. The lowest BCUT2D eigenvalue weighted by Gasteiger charge is -2.37. The Kier molecular flexibility index (Phi) is 4.93. The van der Waals surface area contributed by atoms with Crippen molar-refractivity contribution in [2.45, 2.75) is 37.0 Å². The van der Waals surface area contributed by atoms with Gasteiger partial charge in [-0.15, -0.1) is 0 Å². The zero-order chi connectivity index (χ0) is 16.4. The third kappa shape index (κ3) is 3.15. The third-order valence-corrected chi connectivity index (χ3v) is 4.64. The second kappa shape index (κ2) is 5.97. The van der Waals surface area contributed by atoms with Crippen molar-refractivity contribution in [1.82, 2.24) is 0 Å². The van der Waals surface area contributed by atoms with E-state index in [9.17, 15) is 27.1 Å². The van der Waals surface area contributed by atoms with Crippen LogP contribution in [0.3, 0.4) is 0 Å². The smallest absolute Gasteiger partial charge is 0.341 e. The van der Waals surface area contributed by atoms with Gasteiger partial charge in [0.2, 0.25) is 9.84 Å². The molecule has 0 saturated carbocycles. The van der Waals surface area contributed by atoms with Gasteiger partial charge in [0, 0.05) is 6.54 Å². The molecular formula is C13H17F2NO4S. The van der Waals surface area contributed by atoms with Gasteiger partial charge in [-0.05, 0) is 32.9 Å². The van der Waals surface area contributed by atoms with E-state index >= 15 is 0 Å². The van der Waals surface area contributed by atoms with Gasteiger partial charge in [-0.1, -0.05) is 12.1 Å². The van der Waals surface area contributed by atoms with Crippen LogP contribution < -0.4 is 4.90 Å². The van der Waals surface area contributed by atoms with Crippen molar-refractivity contribution in [2.75, 3.05) is 11.4 Å². The number of carboxylic acid groups (broad SMARTS) is 1. The van der Waals surface area contributed by atoms with Gasteiger partial charge in [0.1, 0.15) is 5.54 Å². The minimum atomic E-state index is -4.82. The van der Waals surface area contributed by atoms with Gasteiger partial charge >= 0.3 is 11.7 Å². The number of hydrogen-bond acceptors (Lipinski definition) is 4. The maximum absolute atomic E-state index is 12.8. The first-order valence-corrected chi connectivity index (χ1v) is 7.73. The molecule has 0 fully saturated rings. The van der Waals surface area contributed by atoms with Gasteiger partial charge in [0.05, 0.1) is 10.6 Å². The Morgan fingerprint density at radius 2 is 1.86 bits per heavy atom. The topological polar surface area (TPSA) is 74.7 Å². The molecule has 0 aliphatic carbocycles. The number of para-hydroxylation sites is 1. The van der Waals surface area contributed by atoms with Crippen molar-refractivity contribution >= 4 is 21.5 Å². The van der Waals surface area contributed by atoms with Crippen LogP contribution in [-0.4, -0.2) is 37.3 Å². The number of alkyl halides is 2. The van der Waals surface area contributed by atoms with E-state index < -0.39 is 32.0 Å². The van der Waals surface area contributed by atoms with Crippen LogP contribution in [0.5, 0.6) is 0 Å². The molecule has 0 aromatic heterocycles. The van der Waals surface area contributed by atoms with Crippen LogP contribution in [0.25, 0.3) is 0 Å². The largest absolute Gasteiger partial charge is 0.480 e. The first-order chi connectivity index (χ1) is 9.56. The lowest BCUT2D eigenvalue weighted by atomic mass is 10.0. The van der Waals surface area contributed by atoms with E-state index in [0.717, 1.165) is 6.07 Å². The quantitative estimate of drug-likeness (QED) is 0.870. The van der Waals surface area contributed by atoms with Crippen LogP contribution in [-0.2, 0) is 14.6 Å². The van der Waals surface area contributed by atoms with Gasteiger partial charge < -0.3 is 10.0 Å². The summed E-state index contributed by atoms with van der Waals surface area (Å²) in [7, 11) is -4.82. The molecular weight excluding hydrogens is 304 g/mol. The minimum absolute atomic E-state index is 0.0484. The Hall–Kier alpha value is -1.70. The third-order valence-electron chi connectivity index (χ3n) is 3.21. The Morgan fingerprint density at radius 1 is 1.33 bits per heavy atom. The zero-order valence-electron chi connectivity index (χ0n) is 11.9. The van der Waals surface area contributed by atoms with Crippen LogP contribution in [0, 0.1) is 0 Å². The van der Waals surface area contributed by atoms with Crippen LogP contribution >= 0.6 is 0 Å². The highest BCUT2D eigenvalue weighted by atomic mass is 32.2. The molecule has 0 heterocycles. The lowest BCUT2D eigenvalue weighted by Crippen LogP contribution is -2.50. The summed E-state index contributed by atoms with van der Waals surface area (Å²) in [6, 6.07) is 5.17. The highest BCUT2D eigenvalue weighted by molar-refractivity contribution is 7.91. The number of halogens is 2. The molecule has 0 amide bonds. The van der Waals surface area contributed by atoms with Crippen molar-refractivity contribution in [1.29, 1.82) is 0 Å². The predicted octanol–water partition coefficient (Wildman–Crippen LogP) is 2.37. The Morgan fingerprint density at radius 3 is 2.29 bits per heavy atom. The number of sulfone groups is 1. The molecule has 0 saturated heterocycles. The zero-order valence-corrected chi connectivity index (χ0v) is 12.7. The monoisotopic (exact) mass is 321 g/mol. The summed E-state index contributed by atoms with van der Waals surface area (Å²) in [6.07, 6.45) is 0. The number of likely N-dealkylation sites (N-methyl/N-ethyl adjacent to an activating group) is 1. The summed E-state index contributed by atoms with van der Waals surface area (Å²) in [6.45, 7) is 4.53. The van der Waals surface area contributed by atoms with E-state index in [1.54, 1.807) is 6.92 Å². The highest BCUT2D eigenvalue weighted by Crippen LogP contribution is 2.33. The maximum Gasteiger partial charge on any atom is 0.341 e. The summed E-state index contributed by atoms with van der Waals surface area (Å²) in [5.41, 5.74) is -1.49. The molecule has 1 aromatic carbocycles. The number of benzene rings is 1. The lowest BCUT2D eigenvalue weighted by molar-refractivity contribution is -0.142. The van der Waals surface area contributed by atoms with Crippen molar-refractivity contribution in [2.24, 2.45) is 0 Å². The number of aliphatic carboxylic acids is 1. The number of rotatable bonds is 6. The number of carbonyl (C=O) groups is 1. The molecule has 1 N–H and O–H groups in total. The Balaban J connectivity index is 3.54. The molecule has 118 valence electrons. The van der Waals surface area contributed by atoms with Gasteiger partial charge in [0.25, 0.3) is 0 Å². The number of nitrogens with zero attached hydrogens (tertiary/aromatic N) is 1. The molecule has 21 heavy (non-hydrogen) atoms. The molecule has 0 bridgehead atoms. The van der Waals surface area contributed by atoms with Crippen LogP contribution in [0.4, 0.5) is 14.5 Å². The molecule has 0 radical (unpaired) electrons. The van der Waals surface area contributed by atoms with E-state index in [-0.39, 0.29) is 12.2 Å². The van der Waals surface area contributed by atoms with E-state index in [0.29, 0.717) is 0 Å². The molecule has 5 nitrogen and oxygen atoms in total. The van der Waals surface area contributed by atoms with Gasteiger partial charge in [0.15, 0.2) is 0 Å². The fourth-order valence-electron chi connectivity index (χ4n) is 2.00. The minimum Gasteiger partial charge on any atom is -0.480 e. The van der Waals surface area contributed by atoms with E-state index in [4.69, 9.17) is 0 Å². The summed E-state index contributed by atoms with van der Waals surface area (Å²) in [4.78, 5) is 12.0. The van der Waals surface area contributed by atoms with Crippen LogP contribution in [0.15, 0.2) is 29.2 Å². The molecule has 8 heteroatoms. The fourth-order valence-corrected chi connectivity index (χ4v) is 2.93. The van der Waals surface area contributed by atoms with Gasteiger partial charge in [-0.25, -0.2) is 13.2 Å². The van der Waals surface area contributed by atoms with Crippen molar-refractivity contribution in [3.8, 4) is 0 Å².